The average molecular weight is 467 g/mol. The van der Waals surface area contributed by atoms with Crippen LogP contribution in [0.5, 0.6) is 11.5 Å². The number of anilines is 1. The van der Waals surface area contributed by atoms with E-state index in [0.717, 1.165) is 43.2 Å². The number of methoxy groups -OCH3 is 3. The summed E-state index contributed by atoms with van der Waals surface area (Å²) in [5, 5.41) is 5.69. The van der Waals surface area contributed by atoms with E-state index in [1.165, 1.54) is 7.11 Å². The Balaban J connectivity index is 1.54. The quantitative estimate of drug-likeness (QED) is 0.605. The predicted molar refractivity (Wildman–Crippen MR) is 128 cm³/mol. The number of benzene rings is 2. The molecule has 2 aromatic carbocycles. The van der Waals surface area contributed by atoms with Crippen molar-refractivity contribution in [3.8, 4) is 11.5 Å². The highest BCUT2D eigenvalue weighted by Gasteiger charge is 2.34. The van der Waals surface area contributed by atoms with Crippen molar-refractivity contribution in [2.24, 2.45) is 0 Å². The number of urea groups is 1. The summed E-state index contributed by atoms with van der Waals surface area (Å²) in [5.41, 5.74) is 2.81. The van der Waals surface area contributed by atoms with Crippen LogP contribution in [0.2, 0.25) is 0 Å². The molecule has 9 heteroatoms. The minimum absolute atomic E-state index is 0.356. The van der Waals surface area contributed by atoms with Crippen LogP contribution in [0.1, 0.15) is 11.6 Å². The summed E-state index contributed by atoms with van der Waals surface area (Å²) in [5.74, 6) is 0.990. The zero-order valence-electron chi connectivity index (χ0n) is 19.7. The van der Waals surface area contributed by atoms with Crippen LogP contribution < -0.4 is 25.0 Å². The normalized spacial score (nSPS) is 18.7. The summed E-state index contributed by atoms with van der Waals surface area (Å²) in [4.78, 5) is 29.9. The molecule has 1 atom stereocenters. The lowest BCUT2D eigenvalue weighted by Gasteiger charge is -2.38. The van der Waals surface area contributed by atoms with Gasteiger partial charge in [0.05, 0.1) is 32.9 Å². The monoisotopic (exact) mass is 466 g/mol. The molecule has 2 heterocycles. The molecule has 0 aliphatic carbocycles. The number of carbonyl (C=O) groups is 2. The Morgan fingerprint density at radius 2 is 1.65 bits per heavy atom. The number of esters is 1. The number of piperazine rings is 1. The highest BCUT2D eigenvalue weighted by molar-refractivity contribution is 5.95. The smallest absolute Gasteiger partial charge is 0.338 e. The first-order chi connectivity index (χ1) is 16.5. The Morgan fingerprint density at radius 3 is 2.32 bits per heavy atom. The average Bonchev–Trinajstić information content (AvgIpc) is 2.88. The molecule has 0 aromatic heterocycles. The van der Waals surface area contributed by atoms with Gasteiger partial charge in [0.1, 0.15) is 11.5 Å². The molecule has 1 fully saturated rings. The van der Waals surface area contributed by atoms with Gasteiger partial charge in [0.25, 0.3) is 0 Å². The van der Waals surface area contributed by atoms with E-state index in [2.05, 4.69) is 26.5 Å². The van der Waals surface area contributed by atoms with E-state index in [1.54, 1.807) is 14.2 Å². The Morgan fingerprint density at radius 1 is 0.971 bits per heavy atom. The summed E-state index contributed by atoms with van der Waals surface area (Å²) in [6, 6.07) is 14.3. The predicted octanol–water partition coefficient (Wildman–Crippen LogP) is 2.31. The molecular formula is C25H30N4O5. The summed E-state index contributed by atoms with van der Waals surface area (Å²) in [6.07, 6.45) is 0. The first-order valence-electron chi connectivity index (χ1n) is 11.2. The van der Waals surface area contributed by atoms with Crippen LogP contribution in [0.15, 0.2) is 59.8 Å². The Bertz CT molecular complexity index is 1080. The van der Waals surface area contributed by atoms with Crippen LogP contribution >= 0.6 is 0 Å². The molecule has 1 saturated heterocycles. The van der Waals surface area contributed by atoms with E-state index in [1.807, 2.05) is 42.5 Å². The van der Waals surface area contributed by atoms with Crippen molar-refractivity contribution in [3.63, 3.8) is 0 Å². The van der Waals surface area contributed by atoms with E-state index in [-0.39, 0.29) is 6.03 Å². The van der Waals surface area contributed by atoms with Gasteiger partial charge in [-0.05, 0) is 29.8 Å². The number of hydrogen-bond acceptors (Lipinski definition) is 7. The van der Waals surface area contributed by atoms with Crippen LogP contribution in [-0.2, 0) is 9.53 Å². The fourth-order valence-electron chi connectivity index (χ4n) is 4.36. The van der Waals surface area contributed by atoms with Gasteiger partial charge in [0.2, 0.25) is 0 Å². The standard InChI is InChI=1S/C25H30N4O5/c1-32-19-8-4-6-17(14-19)23-22(24(30)34-3)21(26-25(31)27-23)16-28-10-12-29(13-11-28)18-7-5-9-20(15-18)33-2/h4-9,14-15,23H,10-13,16H2,1-3H3,(H2,26,27,31)/t23-/m0/s1. The molecule has 0 radical (unpaired) electrons. The van der Waals surface area contributed by atoms with Crippen molar-refractivity contribution in [2.45, 2.75) is 6.04 Å². The lowest BCUT2D eigenvalue weighted by molar-refractivity contribution is -0.136. The molecule has 0 unspecified atom stereocenters. The van der Waals surface area contributed by atoms with Crippen molar-refractivity contribution in [1.29, 1.82) is 0 Å². The minimum atomic E-state index is -0.635. The molecule has 2 N–H and O–H groups in total. The second-order valence-corrected chi connectivity index (χ2v) is 8.16. The fraction of sp³-hybridized carbons (Fsp3) is 0.360. The maximum Gasteiger partial charge on any atom is 0.338 e. The molecular weight excluding hydrogens is 436 g/mol. The van der Waals surface area contributed by atoms with Crippen molar-refractivity contribution < 1.29 is 23.8 Å². The Hall–Kier alpha value is -3.72. The number of nitrogens with one attached hydrogen (secondary N) is 2. The van der Waals surface area contributed by atoms with E-state index < -0.39 is 12.0 Å². The topological polar surface area (TPSA) is 92.4 Å². The van der Waals surface area contributed by atoms with Crippen LogP contribution in [0, 0.1) is 0 Å². The molecule has 0 spiro atoms. The third-order valence-electron chi connectivity index (χ3n) is 6.16. The second-order valence-electron chi connectivity index (χ2n) is 8.16. The lowest BCUT2D eigenvalue weighted by atomic mass is 9.94. The van der Waals surface area contributed by atoms with Gasteiger partial charge >= 0.3 is 12.0 Å². The number of hydrogen-bond donors (Lipinski definition) is 2. The largest absolute Gasteiger partial charge is 0.497 e. The molecule has 34 heavy (non-hydrogen) atoms. The molecule has 0 saturated carbocycles. The summed E-state index contributed by atoms with van der Waals surface area (Å²) in [6.45, 7) is 3.63. The SMILES string of the molecule is COC(=O)C1=C(CN2CCN(c3cccc(OC)c3)CC2)NC(=O)N[C@H]1c1cccc(OC)c1. The van der Waals surface area contributed by atoms with Crippen LogP contribution in [0.3, 0.4) is 0 Å². The molecule has 2 aliphatic heterocycles. The van der Waals surface area contributed by atoms with E-state index >= 15 is 0 Å². The maximum atomic E-state index is 12.8. The minimum Gasteiger partial charge on any atom is -0.497 e. The molecule has 4 rings (SSSR count). The number of rotatable bonds is 7. The van der Waals surface area contributed by atoms with Gasteiger partial charge in [0, 0.05) is 50.2 Å². The van der Waals surface area contributed by atoms with Crippen LogP contribution in [0.25, 0.3) is 0 Å². The molecule has 2 amide bonds. The van der Waals surface area contributed by atoms with Crippen molar-refractivity contribution in [2.75, 3.05) is 59.0 Å². The lowest BCUT2D eigenvalue weighted by Crippen LogP contribution is -2.51. The molecule has 2 aromatic rings. The number of amides is 2. The van der Waals surface area contributed by atoms with Gasteiger partial charge in [-0.15, -0.1) is 0 Å². The zero-order valence-corrected chi connectivity index (χ0v) is 19.7. The highest BCUT2D eigenvalue weighted by atomic mass is 16.5. The molecule has 0 bridgehead atoms. The second kappa shape index (κ2) is 10.5. The third-order valence-corrected chi connectivity index (χ3v) is 6.16. The number of ether oxygens (including phenoxy) is 3. The molecule has 180 valence electrons. The van der Waals surface area contributed by atoms with Gasteiger partial charge < -0.3 is 29.7 Å². The zero-order chi connectivity index (χ0) is 24.1. The van der Waals surface area contributed by atoms with Gasteiger partial charge in [0.15, 0.2) is 0 Å². The fourth-order valence-corrected chi connectivity index (χ4v) is 4.36. The Kier molecular flexibility index (Phi) is 7.22. The molecule has 9 nitrogen and oxygen atoms in total. The summed E-state index contributed by atoms with van der Waals surface area (Å²) < 4.78 is 15.8. The van der Waals surface area contributed by atoms with Crippen molar-refractivity contribution >= 4 is 17.7 Å². The summed E-state index contributed by atoms with van der Waals surface area (Å²) >= 11 is 0. The number of carbonyl (C=O) groups excluding carboxylic acids is 2. The van der Waals surface area contributed by atoms with Gasteiger partial charge in [-0.3, -0.25) is 4.90 Å². The first-order valence-corrected chi connectivity index (χ1v) is 11.2. The summed E-state index contributed by atoms with van der Waals surface area (Å²) in [7, 11) is 4.59. The van der Waals surface area contributed by atoms with Gasteiger partial charge in [-0.2, -0.15) is 0 Å². The third kappa shape index (κ3) is 5.09. The number of nitrogens with zero attached hydrogens (tertiary/aromatic N) is 2. The maximum absolute atomic E-state index is 12.8. The van der Waals surface area contributed by atoms with Crippen molar-refractivity contribution in [1.82, 2.24) is 15.5 Å². The van der Waals surface area contributed by atoms with E-state index in [4.69, 9.17) is 14.2 Å². The van der Waals surface area contributed by atoms with Crippen LogP contribution in [-0.4, -0.2) is 71.0 Å². The Labute approximate surface area is 199 Å². The molecule has 2 aliphatic rings. The van der Waals surface area contributed by atoms with Gasteiger partial charge in [-0.1, -0.05) is 18.2 Å². The highest BCUT2D eigenvalue weighted by Crippen LogP contribution is 2.30. The van der Waals surface area contributed by atoms with Gasteiger partial charge in [-0.25, -0.2) is 9.59 Å². The van der Waals surface area contributed by atoms with E-state index in [9.17, 15) is 9.59 Å². The first kappa shape index (κ1) is 23.4. The van der Waals surface area contributed by atoms with Crippen molar-refractivity contribution in [3.05, 3.63) is 65.4 Å². The van der Waals surface area contributed by atoms with Crippen LogP contribution in [0.4, 0.5) is 10.5 Å². The van der Waals surface area contributed by atoms with E-state index in [0.29, 0.717) is 23.6 Å².